The first kappa shape index (κ1) is 17.6. The Kier molecular flexibility index (Phi) is 6.44. The molecule has 113 valence electrons. The van der Waals surface area contributed by atoms with Crippen molar-refractivity contribution in [1.29, 1.82) is 0 Å². The molecule has 0 atom stereocenters. The molecule has 0 heterocycles. The number of fused-ring (bicyclic) bond motifs is 1. The van der Waals surface area contributed by atoms with Crippen LogP contribution in [0.2, 0.25) is 0 Å². The summed E-state index contributed by atoms with van der Waals surface area (Å²) in [5.41, 5.74) is 0. The van der Waals surface area contributed by atoms with Crippen molar-refractivity contribution in [2.75, 3.05) is 31.3 Å². The van der Waals surface area contributed by atoms with Crippen LogP contribution in [0.4, 0.5) is 0 Å². The Morgan fingerprint density at radius 3 is 1.57 bits per heavy atom. The minimum Gasteiger partial charge on any atom is -0.289 e. The van der Waals surface area contributed by atoms with Crippen LogP contribution in [0.15, 0.2) is 36.6 Å². The smallest absolute Gasteiger partial charge is 0.192 e. The Bertz CT molecular complexity index is 669. The molecule has 6 heteroatoms. The van der Waals surface area contributed by atoms with Gasteiger partial charge >= 0.3 is 0 Å². The molecule has 0 saturated heterocycles. The molecule has 0 aliphatic rings. The molecule has 1 radical (unpaired) electrons. The van der Waals surface area contributed by atoms with E-state index in [2.05, 4.69) is 25.0 Å². The summed E-state index contributed by atoms with van der Waals surface area (Å²) in [6.07, 6.45) is 10.4. The lowest BCUT2D eigenvalue weighted by molar-refractivity contribution is 0.345. The SMILES string of the molecule is CSc1c(SC)c(SC)c2c(SC)c([O])ccc2c1SC. The van der Waals surface area contributed by atoms with E-state index in [9.17, 15) is 5.11 Å². The van der Waals surface area contributed by atoms with Crippen molar-refractivity contribution in [1.82, 2.24) is 0 Å². The molecule has 2 rings (SSSR count). The molecule has 0 aliphatic heterocycles. The highest BCUT2D eigenvalue weighted by Crippen LogP contribution is 2.51. The fourth-order valence-electron chi connectivity index (χ4n) is 2.39. The van der Waals surface area contributed by atoms with Gasteiger partial charge in [0.25, 0.3) is 0 Å². The summed E-state index contributed by atoms with van der Waals surface area (Å²) in [4.78, 5) is 6.03. The van der Waals surface area contributed by atoms with Crippen LogP contribution in [0.5, 0.6) is 5.75 Å². The van der Waals surface area contributed by atoms with Gasteiger partial charge in [0.05, 0.1) is 4.90 Å². The molecule has 0 aromatic heterocycles. The van der Waals surface area contributed by atoms with E-state index in [1.54, 1.807) is 64.9 Å². The number of rotatable bonds is 5. The van der Waals surface area contributed by atoms with Gasteiger partial charge in [-0.15, -0.1) is 58.8 Å². The molecule has 1 nitrogen and oxygen atoms in total. The normalized spacial score (nSPS) is 11.3. The summed E-state index contributed by atoms with van der Waals surface area (Å²) in [6.45, 7) is 0. The first-order valence-corrected chi connectivity index (χ1v) is 12.3. The quantitative estimate of drug-likeness (QED) is 0.549. The maximum Gasteiger partial charge on any atom is 0.192 e. The summed E-state index contributed by atoms with van der Waals surface area (Å²) in [6, 6.07) is 3.70. The van der Waals surface area contributed by atoms with Crippen LogP contribution in [0, 0.1) is 0 Å². The van der Waals surface area contributed by atoms with Crippen LogP contribution in [-0.2, 0) is 5.11 Å². The lowest BCUT2D eigenvalue weighted by Gasteiger charge is -2.20. The molecule has 0 saturated carbocycles. The maximum absolute atomic E-state index is 12.2. The first-order valence-electron chi connectivity index (χ1n) is 6.18. The third-order valence-electron chi connectivity index (χ3n) is 3.23. The number of thioether (sulfide) groups is 5. The van der Waals surface area contributed by atoms with Crippen LogP contribution in [0.25, 0.3) is 10.8 Å². The largest absolute Gasteiger partial charge is 0.289 e. The highest BCUT2D eigenvalue weighted by molar-refractivity contribution is 8.04. The summed E-state index contributed by atoms with van der Waals surface area (Å²) in [5, 5.41) is 14.6. The fourth-order valence-corrected chi connectivity index (χ4v) is 7.31. The molecular formula is C15H17OS5. The van der Waals surface area contributed by atoms with Gasteiger partial charge in [-0.1, -0.05) is 0 Å². The minimum atomic E-state index is 0.126. The zero-order chi connectivity index (χ0) is 15.6. The van der Waals surface area contributed by atoms with E-state index in [0.717, 1.165) is 10.3 Å². The number of hydrogen-bond donors (Lipinski definition) is 0. The minimum absolute atomic E-state index is 0.126. The Labute approximate surface area is 147 Å². The van der Waals surface area contributed by atoms with Gasteiger partial charge in [-0.25, -0.2) is 0 Å². The molecule has 2 aromatic rings. The van der Waals surface area contributed by atoms with Crippen molar-refractivity contribution in [2.24, 2.45) is 0 Å². The van der Waals surface area contributed by atoms with E-state index >= 15 is 0 Å². The van der Waals surface area contributed by atoms with Gasteiger partial charge in [0.1, 0.15) is 0 Å². The van der Waals surface area contributed by atoms with Gasteiger partial charge in [-0.3, -0.25) is 5.11 Å². The molecule has 21 heavy (non-hydrogen) atoms. The van der Waals surface area contributed by atoms with E-state index in [4.69, 9.17) is 0 Å². The van der Waals surface area contributed by atoms with Gasteiger partial charge < -0.3 is 0 Å². The van der Waals surface area contributed by atoms with Gasteiger partial charge in [0.15, 0.2) is 5.75 Å². The Morgan fingerprint density at radius 2 is 1.10 bits per heavy atom. The van der Waals surface area contributed by atoms with Gasteiger partial charge in [-0.05, 0) is 48.8 Å². The molecule has 0 amide bonds. The van der Waals surface area contributed by atoms with Crippen molar-refractivity contribution in [2.45, 2.75) is 24.5 Å². The molecule has 2 aromatic carbocycles. The number of benzene rings is 2. The highest BCUT2D eigenvalue weighted by atomic mass is 32.2. The van der Waals surface area contributed by atoms with Crippen molar-refractivity contribution in [3.05, 3.63) is 12.1 Å². The zero-order valence-corrected chi connectivity index (χ0v) is 16.7. The average molecular weight is 374 g/mol. The van der Waals surface area contributed by atoms with Crippen LogP contribution < -0.4 is 0 Å². The van der Waals surface area contributed by atoms with Gasteiger partial charge in [-0.2, -0.15) is 0 Å². The van der Waals surface area contributed by atoms with E-state index in [-0.39, 0.29) is 5.75 Å². The predicted octanol–water partition coefficient (Wildman–Crippen LogP) is 6.59. The maximum atomic E-state index is 12.2. The van der Waals surface area contributed by atoms with Crippen molar-refractivity contribution >= 4 is 69.6 Å². The monoisotopic (exact) mass is 373 g/mol. The van der Waals surface area contributed by atoms with Gasteiger partial charge in [0.2, 0.25) is 0 Å². The van der Waals surface area contributed by atoms with Crippen LogP contribution in [0.1, 0.15) is 0 Å². The van der Waals surface area contributed by atoms with Crippen LogP contribution in [0.3, 0.4) is 0 Å². The molecule has 0 fully saturated rings. The fraction of sp³-hybridized carbons (Fsp3) is 0.333. The van der Waals surface area contributed by atoms with Crippen LogP contribution >= 0.6 is 58.8 Å². The van der Waals surface area contributed by atoms with Crippen LogP contribution in [-0.4, -0.2) is 31.3 Å². The second kappa shape index (κ2) is 7.68. The Balaban J connectivity index is 3.07. The molecule has 0 aliphatic carbocycles. The first-order chi connectivity index (χ1) is 10.1. The summed E-state index contributed by atoms with van der Waals surface area (Å²) < 4.78 is 0. The van der Waals surface area contributed by atoms with Crippen molar-refractivity contribution in [3.63, 3.8) is 0 Å². The third kappa shape index (κ3) is 3.02. The molecule has 0 unspecified atom stereocenters. The average Bonchev–Trinajstić information content (AvgIpc) is 2.52. The highest BCUT2D eigenvalue weighted by Gasteiger charge is 2.21. The molecular weight excluding hydrogens is 356 g/mol. The van der Waals surface area contributed by atoms with E-state index in [0.29, 0.717) is 0 Å². The Hall–Kier alpha value is 0.250. The summed E-state index contributed by atoms with van der Waals surface area (Å²) >= 11 is 8.63. The number of hydrogen-bond acceptors (Lipinski definition) is 5. The van der Waals surface area contributed by atoms with E-state index < -0.39 is 0 Å². The molecule has 0 bridgehead atoms. The molecule has 0 spiro atoms. The zero-order valence-electron chi connectivity index (χ0n) is 12.6. The lowest BCUT2D eigenvalue weighted by Crippen LogP contribution is -1.92. The lowest BCUT2D eigenvalue weighted by atomic mass is 10.1. The third-order valence-corrected chi connectivity index (χ3v) is 7.72. The van der Waals surface area contributed by atoms with Crippen molar-refractivity contribution in [3.8, 4) is 5.75 Å². The van der Waals surface area contributed by atoms with Gasteiger partial charge in [0, 0.05) is 25.0 Å². The van der Waals surface area contributed by atoms with Crippen molar-refractivity contribution < 1.29 is 5.11 Å². The second-order valence-electron chi connectivity index (χ2n) is 4.15. The molecule has 0 N–H and O–H groups in total. The summed E-state index contributed by atoms with van der Waals surface area (Å²) in [5.74, 6) is 0.126. The summed E-state index contributed by atoms with van der Waals surface area (Å²) in [7, 11) is 0. The van der Waals surface area contributed by atoms with E-state index in [1.807, 2.05) is 12.3 Å². The predicted molar refractivity (Wildman–Crippen MR) is 103 cm³/mol. The second-order valence-corrected chi connectivity index (χ2v) is 8.23. The standard InChI is InChI=1S/C15H17OS5/c1-17-11-8-6-7-9(16)12(18-2)10(8)13(19-3)15(21-5)14(11)20-4/h6-7H,1-5H3. The topological polar surface area (TPSA) is 19.9 Å². The van der Waals surface area contributed by atoms with E-state index in [1.165, 1.54) is 25.0 Å². The Morgan fingerprint density at radius 1 is 0.619 bits per heavy atom.